The van der Waals surface area contributed by atoms with Crippen LogP contribution in [0.5, 0.6) is 0 Å². The summed E-state index contributed by atoms with van der Waals surface area (Å²) >= 11 is 0. The predicted molar refractivity (Wildman–Crippen MR) is 53.4 cm³/mol. The van der Waals surface area contributed by atoms with Crippen LogP contribution in [0.4, 0.5) is 0 Å². The van der Waals surface area contributed by atoms with Crippen molar-refractivity contribution in [2.45, 2.75) is 45.1 Å². The highest BCUT2D eigenvalue weighted by Crippen LogP contribution is 2.28. The summed E-state index contributed by atoms with van der Waals surface area (Å²) in [7, 11) is 0. The van der Waals surface area contributed by atoms with E-state index in [9.17, 15) is 5.21 Å². The quantitative estimate of drug-likeness (QED) is 0.675. The smallest absolute Gasteiger partial charge is 0.0800 e. The molecule has 0 aliphatic carbocycles. The van der Waals surface area contributed by atoms with Gasteiger partial charge in [0.25, 0.3) is 0 Å². The third-order valence-electron chi connectivity index (χ3n) is 2.62. The molecule has 1 heterocycles. The molecule has 0 saturated carbocycles. The van der Waals surface area contributed by atoms with Gasteiger partial charge in [-0.15, -0.1) is 0 Å². The van der Waals surface area contributed by atoms with E-state index in [0.29, 0.717) is 19.7 Å². The first kappa shape index (κ1) is 11.0. The number of hydrogen-bond acceptors (Lipinski definition) is 3. The van der Waals surface area contributed by atoms with Crippen molar-refractivity contribution < 1.29 is 4.74 Å². The van der Waals surface area contributed by atoms with E-state index in [-0.39, 0.29) is 5.60 Å². The number of hydrogen-bond donors (Lipinski definition) is 0. The summed E-state index contributed by atoms with van der Waals surface area (Å²) in [4.78, 5) is 0. The second-order valence-corrected chi connectivity index (χ2v) is 3.90. The molecular weight excluding hydrogens is 166 g/mol. The summed E-state index contributed by atoms with van der Waals surface area (Å²) in [6, 6.07) is 0. The first-order chi connectivity index (χ1) is 6.22. The molecule has 1 saturated heterocycles. The van der Waals surface area contributed by atoms with Gasteiger partial charge in [0.1, 0.15) is 0 Å². The number of hydroxylamine groups is 2. The van der Waals surface area contributed by atoms with Crippen molar-refractivity contribution in [1.82, 2.24) is 5.06 Å². The highest BCUT2D eigenvalue weighted by molar-refractivity contribution is 4.87. The Morgan fingerprint density at radius 1 is 1.31 bits per heavy atom. The lowest BCUT2D eigenvalue weighted by Gasteiger charge is -2.46. The fourth-order valence-corrected chi connectivity index (χ4v) is 2.15. The van der Waals surface area contributed by atoms with Crippen molar-refractivity contribution in [3.05, 3.63) is 5.21 Å². The number of rotatable bonds is 4. The molecule has 13 heavy (non-hydrogen) atoms. The Kier molecular flexibility index (Phi) is 4.16. The molecule has 3 nitrogen and oxygen atoms in total. The monoisotopic (exact) mass is 186 g/mol. The Hall–Kier alpha value is -0.120. The van der Waals surface area contributed by atoms with Gasteiger partial charge in [-0.1, -0.05) is 26.7 Å². The van der Waals surface area contributed by atoms with Crippen molar-refractivity contribution in [2.75, 3.05) is 19.7 Å². The van der Waals surface area contributed by atoms with Gasteiger partial charge in [-0.25, -0.2) is 0 Å². The summed E-state index contributed by atoms with van der Waals surface area (Å²) in [5.74, 6) is 0. The molecule has 0 amide bonds. The average Bonchev–Trinajstić information content (AvgIpc) is 2.04. The van der Waals surface area contributed by atoms with E-state index in [1.54, 1.807) is 0 Å². The van der Waals surface area contributed by atoms with E-state index in [1.165, 1.54) is 0 Å². The van der Waals surface area contributed by atoms with Crippen LogP contribution in [0.2, 0.25) is 0 Å². The Morgan fingerprint density at radius 2 is 1.92 bits per heavy atom. The summed E-state index contributed by atoms with van der Waals surface area (Å²) < 4.78 is 5.78. The zero-order valence-corrected chi connectivity index (χ0v) is 8.71. The zero-order valence-electron chi connectivity index (χ0n) is 8.71. The second kappa shape index (κ2) is 4.94. The van der Waals surface area contributed by atoms with Gasteiger partial charge in [0.15, 0.2) is 0 Å². The van der Waals surface area contributed by atoms with Crippen LogP contribution >= 0.6 is 0 Å². The number of morpholine rings is 1. The molecule has 78 valence electrons. The van der Waals surface area contributed by atoms with Crippen molar-refractivity contribution in [3.63, 3.8) is 0 Å². The minimum Gasteiger partial charge on any atom is -0.785 e. The zero-order chi connectivity index (χ0) is 9.73. The maximum absolute atomic E-state index is 11.3. The molecule has 0 atom stereocenters. The average molecular weight is 186 g/mol. The van der Waals surface area contributed by atoms with E-state index in [4.69, 9.17) is 4.74 Å². The van der Waals surface area contributed by atoms with Crippen LogP contribution in [0.1, 0.15) is 39.5 Å². The Morgan fingerprint density at radius 3 is 2.38 bits per heavy atom. The molecule has 0 unspecified atom stereocenters. The molecule has 1 aliphatic heterocycles. The number of nitrogens with zero attached hydrogens (tertiary/aromatic N) is 1. The number of ether oxygens (including phenoxy) is 1. The van der Waals surface area contributed by atoms with Gasteiger partial charge in [0.2, 0.25) is 0 Å². The molecule has 1 aliphatic rings. The van der Waals surface area contributed by atoms with Gasteiger partial charge in [0.05, 0.1) is 12.2 Å². The Balaban J connectivity index is 2.53. The lowest BCUT2D eigenvalue weighted by molar-refractivity contribution is -0.108. The van der Waals surface area contributed by atoms with Crippen LogP contribution in [0, 0.1) is 5.21 Å². The van der Waals surface area contributed by atoms with Crippen molar-refractivity contribution in [3.8, 4) is 0 Å². The van der Waals surface area contributed by atoms with Crippen molar-refractivity contribution >= 4 is 0 Å². The van der Waals surface area contributed by atoms with Crippen LogP contribution in [-0.4, -0.2) is 30.4 Å². The van der Waals surface area contributed by atoms with Gasteiger partial charge >= 0.3 is 0 Å². The lowest BCUT2D eigenvalue weighted by Crippen LogP contribution is -2.49. The minimum atomic E-state index is -0.135. The first-order valence-electron chi connectivity index (χ1n) is 5.28. The van der Waals surface area contributed by atoms with Gasteiger partial charge in [-0.2, -0.15) is 0 Å². The minimum absolute atomic E-state index is 0.135. The predicted octanol–water partition coefficient (Wildman–Crippen LogP) is 2.16. The fraction of sp³-hybridized carbons (Fsp3) is 1.00. The maximum Gasteiger partial charge on any atom is 0.0800 e. The van der Waals surface area contributed by atoms with Gasteiger partial charge in [-0.3, -0.25) is 0 Å². The van der Waals surface area contributed by atoms with Crippen LogP contribution in [0.3, 0.4) is 0 Å². The standard InChI is InChI=1S/C10H20NO2/c1-3-5-10(6-4-2)9-11(12)7-8-13-10/h3-9H2,1-2H3/q-1. The van der Waals surface area contributed by atoms with Crippen LogP contribution in [-0.2, 0) is 4.74 Å². The first-order valence-corrected chi connectivity index (χ1v) is 5.28. The summed E-state index contributed by atoms with van der Waals surface area (Å²) in [5.41, 5.74) is -0.135. The van der Waals surface area contributed by atoms with Gasteiger partial charge in [0, 0.05) is 13.1 Å². The molecule has 0 aromatic rings. The van der Waals surface area contributed by atoms with Crippen LogP contribution in [0.15, 0.2) is 0 Å². The SMILES string of the molecule is CCCC1(CCC)CN([O-])CCO1. The molecule has 0 bridgehead atoms. The molecule has 1 fully saturated rings. The lowest BCUT2D eigenvalue weighted by atomic mass is 9.91. The molecule has 0 spiro atoms. The molecular formula is C10H20NO2-. The normalized spacial score (nSPS) is 23.3. The summed E-state index contributed by atoms with van der Waals surface area (Å²) in [5, 5.41) is 12.4. The van der Waals surface area contributed by atoms with Crippen molar-refractivity contribution in [2.24, 2.45) is 0 Å². The van der Waals surface area contributed by atoms with Gasteiger partial charge < -0.3 is 15.0 Å². The largest absolute Gasteiger partial charge is 0.785 e. The summed E-state index contributed by atoms with van der Waals surface area (Å²) in [6.07, 6.45) is 4.21. The van der Waals surface area contributed by atoms with E-state index >= 15 is 0 Å². The van der Waals surface area contributed by atoms with E-state index in [2.05, 4.69) is 13.8 Å². The van der Waals surface area contributed by atoms with Crippen LogP contribution < -0.4 is 0 Å². The maximum atomic E-state index is 11.3. The fourth-order valence-electron chi connectivity index (χ4n) is 2.15. The van der Waals surface area contributed by atoms with E-state index in [0.717, 1.165) is 30.7 Å². The van der Waals surface area contributed by atoms with E-state index < -0.39 is 0 Å². The molecule has 0 aromatic carbocycles. The molecule has 0 aromatic heterocycles. The molecule has 3 heteroatoms. The molecule has 1 rings (SSSR count). The van der Waals surface area contributed by atoms with Gasteiger partial charge in [-0.05, 0) is 12.8 Å². The second-order valence-electron chi connectivity index (χ2n) is 3.90. The highest BCUT2D eigenvalue weighted by atomic mass is 16.5. The molecule has 0 N–H and O–H groups in total. The third kappa shape index (κ3) is 2.93. The topological polar surface area (TPSA) is 35.5 Å². The third-order valence-corrected chi connectivity index (χ3v) is 2.62. The van der Waals surface area contributed by atoms with Crippen LogP contribution in [0.25, 0.3) is 0 Å². The highest BCUT2D eigenvalue weighted by Gasteiger charge is 2.31. The summed E-state index contributed by atoms with van der Waals surface area (Å²) in [6.45, 7) is 5.99. The van der Waals surface area contributed by atoms with Crippen molar-refractivity contribution in [1.29, 1.82) is 0 Å². The Labute approximate surface area is 80.6 Å². The Bertz CT molecular complexity index is 138. The molecule has 0 radical (unpaired) electrons. The van der Waals surface area contributed by atoms with E-state index in [1.807, 2.05) is 0 Å².